The van der Waals surface area contributed by atoms with E-state index in [2.05, 4.69) is 75.9 Å². The second kappa shape index (κ2) is 8.78. The highest BCUT2D eigenvalue weighted by Gasteiger charge is 2.13. The zero-order chi connectivity index (χ0) is 23.8. The Balaban J connectivity index is 1.27. The minimum Gasteiger partial charge on any atom is -0.451 e. The number of fused-ring (bicyclic) bond motifs is 3. The van der Waals surface area contributed by atoms with Crippen LogP contribution >= 0.6 is 11.6 Å². The summed E-state index contributed by atoms with van der Waals surface area (Å²) in [6, 6.07) is 29.8. The van der Waals surface area contributed by atoms with Gasteiger partial charge in [-0.1, -0.05) is 72.3 Å². The summed E-state index contributed by atoms with van der Waals surface area (Å²) in [6.07, 6.45) is 3.73. The Labute approximate surface area is 206 Å². The summed E-state index contributed by atoms with van der Waals surface area (Å²) >= 11 is 6.02. The van der Waals surface area contributed by atoms with Crippen LogP contribution in [0.1, 0.15) is 21.7 Å². The molecule has 5 nitrogen and oxygen atoms in total. The Morgan fingerprint density at radius 2 is 1.71 bits per heavy atom. The standard InChI is InChI=1S/C29H20ClN3O2/c30-23-12-13-27-21(14-23)15-28(35-27)29(34)32-31-16-22-18-33(26-11-4-3-10-25(22)26)17-20-8-5-7-19-6-1-2-9-24(19)20/h1-16,18H,17H2,(H,32,34)/b31-16+. The van der Waals surface area contributed by atoms with Crippen LogP contribution in [-0.2, 0) is 6.54 Å². The van der Waals surface area contributed by atoms with E-state index in [4.69, 9.17) is 16.0 Å². The first-order valence-electron chi connectivity index (χ1n) is 11.2. The summed E-state index contributed by atoms with van der Waals surface area (Å²) in [7, 11) is 0. The molecule has 4 aromatic carbocycles. The van der Waals surface area contributed by atoms with Gasteiger partial charge in [-0.2, -0.15) is 5.10 Å². The number of hydrogen-bond donors (Lipinski definition) is 1. The van der Waals surface area contributed by atoms with Gasteiger partial charge in [0.25, 0.3) is 0 Å². The van der Waals surface area contributed by atoms with E-state index in [9.17, 15) is 4.79 Å². The van der Waals surface area contributed by atoms with Crippen LogP contribution in [0.5, 0.6) is 0 Å². The first kappa shape index (κ1) is 21.2. The lowest BCUT2D eigenvalue weighted by Crippen LogP contribution is -2.16. The number of hydrogen-bond acceptors (Lipinski definition) is 3. The van der Waals surface area contributed by atoms with E-state index < -0.39 is 5.91 Å². The van der Waals surface area contributed by atoms with Crippen LogP contribution in [-0.4, -0.2) is 16.7 Å². The molecule has 6 heteroatoms. The average Bonchev–Trinajstić information content (AvgIpc) is 3.46. The third kappa shape index (κ3) is 4.07. The van der Waals surface area contributed by atoms with Gasteiger partial charge in [0.15, 0.2) is 5.76 Å². The third-order valence-corrected chi connectivity index (χ3v) is 6.35. The van der Waals surface area contributed by atoms with Gasteiger partial charge in [-0.15, -0.1) is 0 Å². The van der Waals surface area contributed by atoms with E-state index in [1.54, 1.807) is 30.5 Å². The van der Waals surface area contributed by atoms with Gasteiger partial charge in [0.1, 0.15) is 5.58 Å². The number of halogens is 1. The molecule has 1 N–H and O–H groups in total. The van der Waals surface area contributed by atoms with Crippen molar-refractivity contribution in [2.24, 2.45) is 5.10 Å². The highest BCUT2D eigenvalue weighted by molar-refractivity contribution is 6.31. The lowest BCUT2D eigenvalue weighted by atomic mass is 10.0. The molecule has 0 unspecified atom stereocenters. The van der Waals surface area contributed by atoms with Gasteiger partial charge in [0.2, 0.25) is 0 Å². The highest BCUT2D eigenvalue weighted by atomic mass is 35.5. The summed E-state index contributed by atoms with van der Waals surface area (Å²) in [5.41, 5.74) is 6.42. The van der Waals surface area contributed by atoms with Crippen LogP contribution in [0.3, 0.4) is 0 Å². The molecule has 0 aliphatic carbocycles. The maximum atomic E-state index is 12.6. The Bertz CT molecular complexity index is 1740. The lowest BCUT2D eigenvalue weighted by molar-refractivity contribution is 0.0929. The smallest absolute Gasteiger partial charge is 0.307 e. The zero-order valence-corrected chi connectivity index (χ0v) is 19.4. The lowest BCUT2D eigenvalue weighted by Gasteiger charge is -2.09. The van der Waals surface area contributed by atoms with Crippen LogP contribution in [0.15, 0.2) is 107 Å². The molecule has 0 saturated heterocycles. The van der Waals surface area contributed by atoms with Crippen molar-refractivity contribution in [3.8, 4) is 0 Å². The van der Waals surface area contributed by atoms with Crippen LogP contribution in [0.2, 0.25) is 5.02 Å². The molecule has 2 heterocycles. The van der Waals surface area contributed by atoms with Crippen molar-refractivity contribution in [1.29, 1.82) is 0 Å². The SMILES string of the molecule is O=C(N/N=C/c1cn(Cc2cccc3ccccc23)c2ccccc12)c1cc2cc(Cl)ccc2o1. The normalized spacial score (nSPS) is 11.7. The van der Waals surface area contributed by atoms with Gasteiger partial charge < -0.3 is 8.98 Å². The Hall–Kier alpha value is -4.35. The third-order valence-electron chi connectivity index (χ3n) is 6.11. The van der Waals surface area contributed by atoms with Crippen LogP contribution in [0.25, 0.3) is 32.6 Å². The number of para-hydroxylation sites is 1. The Kier molecular flexibility index (Phi) is 5.32. The molecule has 2 aromatic heterocycles. The molecule has 0 saturated carbocycles. The summed E-state index contributed by atoms with van der Waals surface area (Å²) < 4.78 is 7.83. The molecule has 170 valence electrons. The fourth-order valence-electron chi connectivity index (χ4n) is 4.46. The van der Waals surface area contributed by atoms with E-state index in [1.165, 1.54) is 16.3 Å². The predicted octanol–water partition coefficient (Wildman–Crippen LogP) is 7.01. The fraction of sp³-hybridized carbons (Fsp3) is 0.0345. The summed E-state index contributed by atoms with van der Waals surface area (Å²) in [5, 5.41) is 9.07. The first-order chi connectivity index (χ1) is 17.2. The van der Waals surface area contributed by atoms with Crippen LogP contribution in [0.4, 0.5) is 0 Å². The van der Waals surface area contributed by atoms with Crippen molar-refractivity contribution in [2.75, 3.05) is 0 Å². The number of hydrazone groups is 1. The maximum Gasteiger partial charge on any atom is 0.307 e. The minimum absolute atomic E-state index is 0.179. The Morgan fingerprint density at radius 1 is 0.914 bits per heavy atom. The van der Waals surface area contributed by atoms with Crippen molar-refractivity contribution >= 4 is 56.4 Å². The molecule has 1 amide bonds. The molecule has 6 rings (SSSR count). The molecule has 0 spiro atoms. The summed E-state index contributed by atoms with van der Waals surface area (Å²) in [5.74, 6) is -0.245. The van der Waals surface area contributed by atoms with E-state index in [0.717, 1.165) is 28.4 Å². The molecule has 35 heavy (non-hydrogen) atoms. The zero-order valence-electron chi connectivity index (χ0n) is 18.6. The number of furan rings is 1. The molecule has 0 bridgehead atoms. The van der Waals surface area contributed by atoms with Gasteiger partial charge >= 0.3 is 5.91 Å². The molecule has 0 aliphatic heterocycles. The minimum atomic E-state index is -0.423. The number of carbonyl (C=O) groups excluding carboxylic acids is 1. The predicted molar refractivity (Wildman–Crippen MR) is 141 cm³/mol. The number of aromatic nitrogens is 1. The van der Waals surface area contributed by atoms with Crippen molar-refractivity contribution in [1.82, 2.24) is 9.99 Å². The van der Waals surface area contributed by atoms with Gasteiger partial charge in [0.05, 0.1) is 6.21 Å². The second-order valence-electron chi connectivity index (χ2n) is 8.36. The van der Waals surface area contributed by atoms with Crippen molar-refractivity contribution < 1.29 is 9.21 Å². The van der Waals surface area contributed by atoms with Crippen LogP contribution < -0.4 is 5.43 Å². The topological polar surface area (TPSA) is 59.5 Å². The number of amides is 1. The second-order valence-corrected chi connectivity index (χ2v) is 8.80. The van der Waals surface area contributed by atoms with Gasteiger partial charge in [0, 0.05) is 39.6 Å². The molecular formula is C29H20ClN3O2. The summed E-state index contributed by atoms with van der Waals surface area (Å²) in [6.45, 7) is 0.726. The monoisotopic (exact) mass is 477 g/mol. The van der Waals surface area contributed by atoms with Crippen LogP contribution in [0, 0.1) is 0 Å². The first-order valence-corrected chi connectivity index (χ1v) is 11.6. The van der Waals surface area contributed by atoms with Crippen molar-refractivity contribution in [3.63, 3.8) is 0 Å². The largest absolute Gasteiger partial charge is 0.451 e. The number of rotatable bonds is 5. The molecule has 0 radical (unpaired) electrons. The molecule has 0 atom stereocenters. The van der Waals surface area contributed by atoms with Crippen molar-refractivity contribution in [2.45, 2.75) is 6.54 Å². The van der Waals surface area contributed by atoms with E-state index in [0.29, 0.717) is 10.6 Å². The molecule has 6 aromatic rings. The van der Waals surface area contributed by atoms with E-state index >= 15 is 0 Å². The Morgan fingerprint density at radius 3 is 2.63 bits per heavy atom. The molecular weight excluding hydrogens is 458 g/mol. The molecule has 0 aliphatic rings. The quantitative estimate of drug-likeness (QED) is 0.214. The van der Waals surface area contributed by atoms with Crippen molar-refractivity contribution in [3.05, 3.63) is 119 Å². The van der Waals surface area contributed by atoms with E-state index in [-0.39, 0.29) is 5.76 Å². The van der Waals surface area contributed by atoms with Gasteiger partial charge in [-0.05, 0) is 46.7 Å². The summed E-state index contributed by atoms with van der Waals surface area (Å²) in [4.78, 5) is 12.6. The number of nitrogens with one attached hydrogen (secondary N) is 1. The van der Waals surface area contributed by atoms with Gasteiger partial charge in [-0.3, -0.25) is 4.79 Å². The number of nitrogens with zero attached hydrogens (tertiary/aromatic N) is 2. The van der Waals surface area contributed by atoms with E-state index in [1.807, 2.05) is 12.1 Å². The number of carbonyl (C=O) groups is 1. The number of benzene rings is 4. The van der Waals surface area contributed by atoms with Gasteiger partial charge in [-0.25, -0.2) is 5.43 Å². The highest BCUT2D eigenvalue weighted by Crippen LogP contribution is 2.25. The fourth-order valence-corrected chi connectivity index (χ4v) is 4.64. The maximum absolute atomic E-state index is 12.6. The average molecular weight is 478 g/mol. The molecule has 0 fully saturated rings.